The van der Waals surface area contributed by atoms with E-state index < -0.39 is 29.9 Å². The summed E-state index contributed by atoms with van der Waals surface area (Å²) in [6, 6.07) is 18.7. The van der Waals surface area contributed by atoms with Crippen LogP contribution in [0.4, 0.5) is 18.0 Å². The summed E-state index contributed by atoms with van der Waals surface area (Å²) in [6.07, 6.45) is -3.07. The van der Waals surface area contributed by atoms with Gasteiger partial charge in [0.25, 0.3) is 0 Å². The van der Waals surface area contributed by atoms with Crippen LogP contribution in [0.1, 0.15) is 53.9 Å². The number of carbonyl (C=O) groups excluding carboxylic acids is 2. The number of rotatable bonds is 9. The second-order valence-corrected chi connectivity index (χ2v) is 13.1. The molecule has 51 heavy (non-hydrogen) atoms. The first-order chi connectivity index (χ1) is 24.4. The lowest BCUT2D eigenvalue weighted by atomic mass is 9.93. The van der Waals surface area contributed by atoms with Crippen molar-refractivity contribution >= 4 is 41.0 Å². The number of amides is 3. The topological polar surface area (TPSA) is 90.6 Å². The number of amidine groups is 1. The third-order valence-electron chi connectivity index (χ3n) is 9.07. The van der Waals surface area contributed by atoms with E-state index in [4.69, 9.17) is 37.3 Å². The molecule has 1 fully saturated rings. The highest BCUT2D eigenvalue weighted by Crippen LogP contribution is 2.46. The number of carbonyl (C=O) groups is 2. The molecule has 1 N–H and O–H groups in total. The molecule has 14 heteroatoms. The number of urea groups is 1. The Balaban J connectivity index is 1.34. The van der Waals surface area contributed by atoms with Gasteiger partial charge in [0.1, 0.15) is 23.4 Å². The summed E-state index contributed by atoms with van der Waals surface area (Å²) < 4.78 is 52.6. The lowest BCUT2D eigenvalue weighted by molar-refractivity contribution is -0.137. The maximum absolute atomic E-state index is 14.8. The number of furan rings is 1. The van der Waals surface area contributed by atoms with Gasteiger partial charge in [0, 0.05) is 36.2 Å². The first-order valence-electron chi connectivity index (χ1n) is 16.5. The molecule has 268 valence electrons. The molecule has 1 aromatic heterocycles. The Morgan fingerprint density at radius 3 is 2.20 bits per heavy atom. The standard InChI is InChI=1S/C37H36Cl2F3N5O4/c1-3-50-31-21-26(37(40,41)42)10-15-30(31)34-44-32(24-6-11-27(38)12-7-24)33(25-8-13-28(39)14-9-25)47(34)36(49)46-18-16-45(17-19-46)23(2)35(48)43-22-29-5-4-20-51-29/h4-15,20-21,23,32-33H,3,16-19,22H2,1-2H3,(H,43,48). The SMILES string of the molecule is CCOc1cc(C(F)(F)F)ccc1C1=NC(c2ccc(Cl)cc2)C(c2ccc(Cl)cc2)N1C(=O)N1CCN(C(C)C(=O)NCc2ccco2)CC1. The molecule has 0 saturated carbocycles. The Kier molecular flexibility index (Phi) is 10.9. The molecule has 3 heterocycles. The lowest BCUT2D eigenvalue weighted by Gasteiger charge is -2.40. The fraction of sp³-hybridized carbons (Fsp3) is 0.324. The zero-order valence-corrected chi connectivity index (χ0v) is 29.4. The fourth-order valence-corrected chi connectivity index (χ4v) is 6.62. The molecule has 6 rings (SSSR count). The van der Waals surface area contributed by atoms with Crippen molar-refractivity contribution < 1.29 is 31.9 Å². The van der Waals surface area contributed by atoms with Crippen LogP contribution in [0.2, 0.25) is 10.0 Å². The van der Waals surface area contributed by atoms with Gasteiger partial charge >= 0.3 is 12.2 Å². The van der Waals surface area contributed by atoms with Crippen LogP contribution in [0.5, 0.6) is 5.75 Å². The third kappa shape index (κ3) is 8.03. The lowest BCUT2D eigenvalue weighted by Crippen LogP contribution is -2.57. The molecule has 3 amide bonds. The van der Waals surface area contributed by atoms with Gasteiger partial charge < -0.3 is 19.4 Å². The van der Waals surface area contributed by atoms with E-state index in [1.807, 2.05) is 36.1 Å². The average molecular weight is 743 g/mol. The van der Waals surface area contributed by atoms with Crippen LogP contribution in [-0.4, -0.2) is 71.3 Å². The minimum Gasteiger partial charge on any atom is -0.493 e. The predicted molar refractivity (Wildman–Crippen MR) is 188 cm³/mol. The molecule has 0 spiro atoms. The molecule has 0 bridgehead atoms. The Bertz CT molecular complexity index is 1860. The summed E-state index contributed by atoms with van der Waals surface area (Å²) >= 11 is 12.5. The number of nitrogens with one attached hydrogen (secondary N) is 1. The van der Waals surface area contributed by atoms with Crippen LogP contribution < -0.4 is 10.1 Å². The van der Waals surface area contributed by atoms with Crippen LogP contribution >= 0.6 is 23.2 Å². The Labute approximate surface area is 303 Å². The molecule has 3 atom stereocenters. The Morgan fingerprint density at radius 2 is 1.61 bits per heavy atom. The first-order valence-corrected chi connectivity index (χ1v) is 17.3. The van der Waals surface area contributed by atoms with Gasteiger partial charge in [-0.05, 0) is 79.6 Å². The number of ether oxygens (including phenoxy) is 1. The van der Waals surface area contributed by atoms with Gasteiger partial charge in [-0.2, -0.15) is 13.2 Å². The number of benzene rings is 3. The van der Waals surface area contributed by atoms with Crippen molar-refractivity contribution in [3.63, 3.8) is 0 Å². The van der Waals surface area contributed by atoms with E-state index in [-0.39, 0.29) is 42.2 Å². The highest BCUT2D eigenvalue weighted by atomic mass is 35.5. The van der Waals surface area contributed by atoms with Crippen molar-refractivity contribution in [2.75, 3.05) is 32.8 Å². The quantitative estimate of drug-likeness (QED) is 0.188. The van der Waals surface area contributed by atoms with Crippen LogP contribution in [0.25, 0.3) is 0 Å². The van der Waals surface area contributed by atoms with Crippen molar-refractivity contribution in [2.24, 2.45) is 4.99 Å². The number of hydrogen-bond donors (Lipinski definition) is 1. The van der Waals surface area contributed by atoms with Crippen molar-refractivity contribution in [3.05, 3.63) is 123 Å². The van der Waals surface area contributed by atoms with Crippen LogP contribution in [0.3, 0.4) is 0 Å². The fourth-order valence-electron chi connectivity index (χ4n) is 6.37. The average Bonchev–Trinajstić information content (AvgIpc) is 3.79. The number of aliphatic imine (C=N–C) groups is 1. The van der Waals surface area contributed by atoms with E-state index >= 15 is 0 Å². The predicted octanol–water partition coefficient (Wildman–Crippen LogP) is 7.99. The Hall–Kier alpha value is -4.52. The largest absolute Gasteiger partial charge is 0.493 e. The first kappa shape index (κ1) is 36.3. The molecule has 2 aliphatic rings. The van der Waals surface area contributed by atoms with Crippen molar-refractivity contribution in [1.29, 1.82) is 0 Å². The van der Waals surface area contributed by atoms with Crippen LogP contribution in [-0.2, 0) is 17.5 Å². The van der Waals surface area contributed by atoms with E-state index in [2.05, 4.69) is 5.32 Å². The van der Waals surface area contributed by atoms with E-state index in [0.717, 1.165) is 23.3 Å². The number of halogens is 5. The highest BCUT2D eigenvalue weighted by molar-refractivity contribution is 6.30. The second kappa shape index (κ2) is 15.4. The summed E-state index contributed by atoms with van der Waals surface area (Å²) in [5.74, 6) is 0.598. The molecular weight excluding hydrogens is 706 g/mol. The van der Waals surface area contributed by atoms with E-state index in [1.54, 1.807) is 59.4 Å². The molecule has 9 nitrogen and oxygen atoms in total. The summed E-state index contributed by atoms with van der Waals surface area (Å²) in [6.45, 7) is 5.26. The maximum atomic E-state index is 14.8. The van der Waals surface area contributed by atoms with Gasteiger partial charge in [-0.15, -0.1) is 0 Å². The van der Waals surface area contributed by atoms with E-state index in [9.17, 15) is 22.8 Å². The minimum absolute atomic E-state index is 0.0466. The smallest absolute Gasteiger partial charge is 0.416 e. The number of hydrogen-bond acceptors (Lipinski definition) is 6. The van der Waals surface area contributed by atoms with Crippen molar-refractivity contribution in [3.8, 4) is 5.75 Å². The molecule has 1 saturated heterocycles. The van der Waals surface area contributed by atoms with Gasteiger partial charge in [-0.1, -0.05) is 47.5 Å². The summed E-state index contributed by atoms with van der Waals surface area (Å²) in [7, 11) is 0. The molecule has 0 radical (unpaired) electrons. The molecular formula is C37H36Cl2F3N5O4. The normalized spacial score (nSPS) is 18.8. The molecule has 4 aromatic rings. The van der Waals surface area contributed by atoms with Crippen molar-refractivity contribution in [2.45, 2.75) is 44.7 Å². The molecule has 0 aliphatic carbocycles. The summed E-state index contributed by atoms with van der Waals surface area (Å²) in [5.41, 5.74) is 0.829. The molecule has 2 aliphatic heterocycles. The van der Waals surface area contributed by atoms with Crippen LogP contribution in [0.15, 0.2) is 94.5 Å². The number of alkyl halides is 3. The minimum atomic E-state index is -4.61. The van der Waals surface area contributed by atoms with E-state index in [1.165, 1.54) is 6.07 Å². The second-order valence-electron chi connectivity index (χ2n) is 12.2. The van der Waals surface area contributed by atoms with Gasteiger partial charge in [0.15, 0.2) is 0 Å². The summed E-state index contributed by atoms with van der Waals surface area (Å²) in [4.78, 5) is 38.0. The van der Waals surface area contributed by atoms with Crippen molar-refractivity contribution in [1.82, 2.24) is 20.0 Å². The van der Waals surface area contributed by atoms with Gasteiger partial charge in [-0.3, -0.25) is 19.6 Å². The molecule has 3 aromatic carbocycles. The van der Waals surface area contributed by atoms with Crippen LogP contribution in [0, 0.1) is 0 Å². The summed E-state index contributed by atoms with van der Waals surface area (Å²) in [5, 5.41) is 3.90. The maximum Gasteiger partial charge on any atom is 0.416 e. The number of nitrogens with zero attached hydrogens (tertiary/aromatic N) is 4. The molecule has 3 unspecified atom stereocenters. The van der Waals surface area contributed by atoms with E-state index in [0.29, 0.717) is 42.0 Å². The third-order valence-corrected chi connectivity index (χ3v) is 9.58. The zero-order valence-electron chi connectivity index (χ0n) is 27.9. The zero-order chi connectivity index (χ0) is 36.3. The highest BCUT2D eigenvalue weighted by Gasteiger charge is 2.45. The van der Waals surface area contributed by atoms with Gasteiger partial charge in [0.2, 0.25) is 5.91 Å². The van der Waals surface area contributed by atoms with Gasteiger partial charge in [0.05, 0.1) is 42.6 Å². The number of piperazine rings is 1. The Morgan fingerprint density at radius 1 is 0.961 bits per heavy atom. The monoisotopic (exact) mass is 741 g/mol. The van der Waals surface area contributed by atoms with Gasteiger partial charge in [-0.25, -0.2) is 4.79 Å².